The van der Waals surface area contributed by atoms with E-state index in [0.29, 0.717) is 5.92 Å². The Labute approximate surface area is 109 Å². The lowest BCUT2D eigenvalue weighted by Crippen LogP contribution is -2.39. The highest BCUT2D eigenvalue weighted by Crippen LogP contribution is 2.25. The van der Waals surface area contributed by atoms with Gasteiger partial charge in [-0.1, -0.05) is 12.1 Å². The quantitative estimate of drug-likeness (QED) is 0.887. The zero-order chi connectivity index (χ0) is 13.2. The molecule has 1 aliphatic heterocycles. The Balaban J connectivity index is 1.91. The van der Waals surface area contributed by atoms with E-state index in [1.165, 1.54) is 6.07 Å². The van der Waals surface area contributed by atoms with Gasteiger partial charge in [-0.05, 0) is 45.2 Å². The van der Waals surface area contributed by atoms with Crippen LogP contribution < -0.4 is 10.2 Å². The summed E-state index contributed by atoms with van der Waals surface area (Å²) >= 11 is 0. The number of hydrogen-bond acceptors (Lipinski definition) is 2. The summed E-state index contributed by atoms with van der Waals surface area (Å²) in [6.45, 7) is 9.44. The number of rotatable bonds is 3. The van der Waals surface area contributed by atoms with E-state index in [0.717, 1.165) is 31.7 Å². The molecule has 1 saturated heterocycles. The first-order chi connectivity index (χ1) is 8.46. The lowest BCUT2D eigenvalue weighted by molar-refractivity contribution is 0.383. The molecule has 0 saturated carbocycles. The van der Waals surface area contributed by atoms with Gasteiger partial charge < -0.3 is 10.2 Å². The molecular formula is C15H23FN2. The van der Waals surface area contributed by atoms with Crippen LogP contribution in [0.25, 0.3) is 0 Å². The number of anilines is 1. The van der Waals surface area contributed by atoms with Gasteiger partial charge in [-0.2, -0.15) is 0 Å². The van der Waals surface area contributed by atoms with Crippen LogP contribution in [0.2, 0.25) is 0 Å². The Morgan fingerprint density at radius 3 is 2.72 bits per heavy atom. The Hall–Kier alpha value is -1.09. The molecule has 2 nitrogen and oxygen atoms in total. The Kier molecular flexibility index (Phi) is 3.91. The highest BCUT2D eigenvalue weighted by atomic mass is 19.1. The van der Waals surface area contributed by atoms with E-state index in [1.807, 2.05) is 12.1 Å². The first kappa shape index (κ1) is 13.3. The summed E-state index contributed by atoms with van der Waals surface area (Å²) in [5.74, 6) is 0.505. The summed E-state index contributed by atoms with van der Waals surface area (Å²) in [7, 11) is 0. The molecule has 1 unspecified atom stereocenters. The van der Waals surface area contributed by atoms with Gasteiger partial charge in [0.25, 0.3) is 0 Å². The van der Waals surface area contributed by atoms with Crippen LogP contribution in [0, 0.1) is 11.7 Å². The van der Waals surface area contributed by atoms with Gasteiger partial charge in [0.2, 0.25) is 0 Å². The number of nitrogens with zero attached hydrogens (tertiary/aromatic N) is 1. The highest BCUT2D eigenvalue weighted by Gasteiger charge is 2.25. The molecule has 1 aromatic carbocycles. The van der Waals surface area contributed by atoms with Gasteiger partial charge in [0.15, 0.2) is 0 Å². The zero-order valence-electron chi connectivity index (χ0n) is 11.5. The summed E-state index contributed by atoms with van der Waals surface area (Å²) in [5.41, 5.74) is 0.904. The Bertz CT molecular complexity index is 398. The van der Waals surface area contributed by atoms with Crippen molar-refractivity contribution in [1.29, 1.82) is 0 Å². The van der Waals surface area contributed by atoms with Crippen molar-refractivity contribution in [2.24, 2.45) is 5.92 Å². The smallest absolute Gasteiger partial charge is 0.146 e. The van der Waals surface area contributed by atoms with E-state index in [-0.39, 0.29) is 11.4 Å². The monoisotopic (exact) mass is 250 g/mol. The third kappa shape index (κ3) is 3.45. The third-order valence-corrected chi connectivity index (χ3v) is 3.40. The second-order valence-corrected chi connectivity index (χ2v) is 6.18. The van der Waals surface area contributed by atoms with Gasteiger partial charge in [0, 0.05) is 25.2 Å². The van der Waals surface area contributed by atoms with Crippen molar-refractivity contribution in [2.45, 2.75) is 32.7 Å². The highest BCUT2D eigenvalue weighted by molar-refractivity contribution is 5.48. The molecule has 1 aromatic rings. The summed E-state index contributed by atoms with van der Waals surface area (Å²) in [4.78, 5) is 2.16. The maximum atomic E-state index is 13.7. The van der Waals surface area contributed by atoms with Crippen LogP contribution in [-0.2, 0) is 0 Å². The molecule has 2 rings (SSSR count). The van der Waals surface area contributed by atoms with E-state index < -0.39 is 0 Å². The number of nitrogens with one attached hydrogen (secondary N) is 1. The van der Waals surface area contributed by atoms with Crippen molar-refractivity contribution in [3.8, 4) is 0 Å². The largest absolute Gasteiger partial charge is 0.369 e. The third-order valence-electron chi connectivity index (χ3n) is 3.40. The second-order valence-electron chi connectivity index (χ2n) is 6.18. The van der Waals surface area contributed by atoms with E-state index in [4.69, 9.17) is 0 Å². The summed E-state index contributed by atoms with van der Waals surface area (Å²) in [6, 6.07) is 7.05. The molecule has 0 bridgehead atoms. The van der Waals surface area contributed by atoms with E-state index in [1.54, 1.807) is 6.07 Å². The van der Waals surface area contributed by atoms with E-state index in [9.17, 15) is 4.39 Å². The Morgan fingerprint density at radius 2 is 2.06 bits per heavy atom. The van der Waals surface area contributed by atoms with Crippen LogP contribution in [0.3, 0.4) is 0 Å². The van der Waals surface area contributed by atoms with Crippen molar-refractivity contribution in [3.05, 3.63) is 30.1 Å². The minimum Gasteiger partial charge on any atom is -0.369 e. The van der Waals surface area contributed by atoms with Gasteiger partial charge >= 0.3 is 0 Å². The van der Waals surface area contributed by atoms with Crippen LogP contribution in [0.4, 0.5) is 10.1 Å². The number of hydrogen-bond donors (Lipinski definition) is 1. The number of benzene rings is 1. The predicted molar refractivity (Wildman–Crippen MR) is 74.5 cm³/mol. The molecule has 1 atom stereocenters. The minimum atomic E-state index is -0.109. The summed E-state index contributed by atoms with van der Waals surface area (Å²) in [6.07, 6.45) is 1.14. The molecule has 0 radical (unpaired) electrons. The van der Waals surface area contributed by atoms with Crippen molar-refractivity contribution < 1.29 is 4.39 Å². The van der Waals surface area contributed by atoms with Gasteiger partial charge in [-0.3, -0.25) is 0 Å². The maximum Gasteiger partial charge on any atom is 0.146 e. The first-order valence-electron chi connectivity index (χ1n) is 6.70. The SMILES string of the molecule is CC(C)(C)NCC1CCN(c2ccccc2F)C1. The van der Waals surface area contributed by atoms with Gasteiger partial charge in [-0.15, -0.1) is 0 Å². The molecule has 0 aromatic heterocycles. The van der Waals surface area contributed by atoms with Gasteiger partial charge in [0.05, 0.1) is 5.69 Å². The average molecular weight is 250 g/mol. The molecule has 0 amide bonds. The normalized spacial score (nSPS) is 20.4. The van der Waals surface area contributed by atoms with Crippen LogP contribution in [0.15, 0.2) is 24.3 Å². The standard InChI is InChI=1S/C15H23FN2/c1-15(2,3)17-10-12-8-9-18(11-12)14-7-5-4-6-13(14)16/h4-7,12,17H,8-11H2,1-3H3. The topological polar surface area (TPSA) is 15.3 Å². The van der Waals surface area contributed by atoms with Crippen molar-refractivity contribution in [1.82, 2.24) is 5.32 Å². The molecule has 1 heterocycles. The van der Waals surface area contributed by atoms with Gasteiger partial charge in [0.1, 0.15) is 5.82 Å². The molecule has 1 aliphatic rings. The van der Waals surface area contributed by atoms with Crippen molar-refractivity contribution in [2.75, 3.05) is 24.5 Å². The predicted octanol–water partition coefficient (Wildman–Crippen LogP) is 3.04. The Morgan fingerprint density at radius 1 is 1.33 bits per heavy atom. The molecule has 3 heteroatoms. The summed E-state index contributed by atoms with van der Waals surface area (Å²) < 4.78 is 13.7. The zero-order valence-corrected chi connectivity index (χ0v) is 11.5. The minimum absolute atomic E-state index is 0.109. The fourth-order valence-corrected chi connectivity index (χ4v) is 2.38. The van der Waals surface area contributed by atoms with E-state index >= 15 is 0 Å². The maximum absolute atomic E-state index is 13.7. The lowest BCUT2D eigenvalue weighted by Gasteiger charge is -2.24. The molecule has 1 fully saturated rings. The molecule has 1 N–H and O–H groups in total. The number of para-hydroxylation sites is 1. The second kappa shape index (κ2) is 5.27. The fraction of sp³-hybridized carbons (Fsp3) is 0.600. The van der Waals surface area contributed by atoms with Crippen LogP contribution in [0.5, 0.6) is 0 Å². The van der Waals surface area contributed by atoms with Crippen molar-refractivity contribution >= 4 is 5.69 Å². The lowest BCUT2D eigenvalue weighted by atomic mass is 10.1. The van der Waals surface area contributed by atoms with Crippen LogP contribution in [-0.4, -0.2) is 25.2 Å². The van der Waals surface area contributed by atoms with E-state index in [2.05, 4.69) is 31.0 Å². The molecule has 0 spiro atoms. The van der Waals surface area contributed by atoms with Gasteiger partial charge in [-0.25, -0.2) is 4.39 Å². The fourth-order valence-electron chi connectivity index (χ4n) is 2.38. The van der Waals surface area contributed by atoms with Crippen LogP contribution >= 0.6 is 0 Å². The average Bonchev–Trinajstić information content (AvgIpc) is 2.75. The molecule has 100 valence electrons. The first-order valence-corrected chi connectivity index (χ1v) is 6.70. The molecular weight excluding hydrogens is 227 g/mol. The summed E-state index contributed by atoms with van der Waals surface area (Å²) in [5, 5.41) is 3.53. The molecule has 18 heavy (non-hydrogen) atoms. The molecule has 0 aliphatic carbocycles. The van der Waals surface area contributed by atoms with Crippen molar-refractivity contribution in [3.63, 3.8) is 0 Å². The van der Waals surface area contributed by atoms with Crippen LogP contribution in [0.1, 0.15) is 27.2 Å². The number of halogens is 1.